The third-order valence-electron chi connectivity index (χ3n) is 6.41. The molecule has 0 fully saturated rings. The Kier molecular flexibility index (Phi) is 11.0. The zero-order chi connectivity index (χ0) is 32.7. The van der Waals surface area contributed by atoms with Gasteiger partial charge in [-0.25, -0.2) is 14.2 Å². The van der Waals surface area contributed by atoms with Crippen LogP contribution in [0.2, 0.25) is 5.02 Å². The molecule has 0 amide bonds. The van der Waals surface area contributed by atoms with Crippen molar-refractivity contribution in [2.45, 2.75) is 26.8 Å². The number of aromatic nitrogens is 3. The molecule has 1 unspecified atom stereocenters. The summed E-state index contributed by atoms with van der Waals surface area (Å²) in [6.07, 6.45) is 2.98. The fourth-order valence-electron chi connectivity index (χ4n) is 4.27. The molecule has 0 aliphatic carbocycles. The van der Waals surface area contributed by atoms with Crippen LogP contribution in [0.25, 0.3) is 0 Å². The Morgan fingerprint density at radius 1 is 1.30 bits per heavy atom. The SMILES string of the molecule is CCOC(=O)C(=N)/C(=C(\Nc1cnc(N(C)C)nc1OC)C(C)C)C(Nc1cc(Cl)c(=O)n(C)c1)c1ccc(C#N)c(F)c1. The first kappa shape index (κ1) is 33.5. The minimum absolute atomic E-state index is 0.00654. The number of esters is 1. The molecule has 232 valence electrons. The van der Waals surface area contributed by atoms with E-state index in [1.54, 1.807) is 32.0 Å². The van der Waals surface area contributed by atoms with E-state index in [1.807, 2.05) is 13.8 Å². The highest BCUT2D eigenvalue weighted by Crippen LogP contribution is 2.35. The zero-order valence-electron chi connectivity index (χ0n) is 25.5. The third kappa shape index (κ3) is 7.51. The number of methoxy groups -OCH3 is 1. The summed E-state index contributed by atoms with van der Waals surface area (Å²) in [6, 6.07) is 6.05. The Labute approximate surface area is 259 Å². The molecule has 1 aromatic carbocycles. The van der Waals surface area contributed by atoms with Crippen LogP contribution in [-0.4, -0.2) is 54.0 Å². The Hall–Kier alpha value is -4.96. The van der Waals surface area contributed by atoms with Gasteiger partial charge in [-0.15, -0.1) is 0 Å². The van der Waals surface area contributed by atoms with Crippen LogP contribution in [0.3, 0.4) is 0 Å². The summed E-state index contributed by atoms with van der Waals surface area (Å²) < 4.78 is 27.0. The second-order valence-corrected chi connectivity index (χ2v) is 10.5. The van der Waals surface area contributed by atoms with E-state index in [-0.39, 0.29) is 40.1 Å². The van der Waals surface area contributed by atoms with Gasteiger partial charge >= 0.3 is 5.97 Å². The van der Waals surface area contributed by atoms with Crippen molar-refractivity contribution in [1.82, 2.24) is 14.5 Å². The van der Waals surface area contributed by atoms with E-state index in [0.29, 0.717) is 23.0 Å². The fourth-order valence-corrected chi connectivity index (χ4v) is 4.52. The monoisotopic (exact) mass is 624 g/mol. The van der Waals surface area contributed by atoms with Crippen molar-refractivity contribution in [3.8, 4) is 11.9 Å². The topological polar surface area (TPSA) is 158 Å². The smallest absolute Gasteiger partial charge is 0.356 e. The molecule has 14 heteroatoms. The highest BCUT2D eigenvalue weighted by Gasteiger charge is 2.31. The lowest BCUT2D eigenvalue weighted by Crippen LogP contribution is -2.30. The first-order chi connectivity index (χ1) is 20.8. The standard InChI is InChI=1S/C30H34ClFN8O4/c1-8-44-29(42)24(34)23(25(16(2)3)37-22-14-35-30(39(4)5)38-27(22)43-7)26(17-9-10-18(13-33)21(32)11-17)36-19-12-20(31)28(41)40(6)15-19/h9-12,14-16,26,34,36-37H,8H2,1-7H3/b25-23+,34-24?. The van der Waals surface area contributed by atoms with Crippen LogP contribution in [0.5, 0.6) is 5.88 Å². The van der Waals surface area contributed by atoms with Crippen LogP contribution >= 0.6 is 11.6 Å². The number of carbonyl (C=O) groups excluding carboxylic acids is 1. The van der Waals surface area contributed by atoms with Gasteiger partial charge in [-0.1, -0.05) is 31.5 Å². The number of rotatable bonds is 12. The Balaban J connectivity index is 2.38. The molecule has 0 radical (unpaired) electrons. The summed E-state index contributed by atoms with van der Waals surface area (Å²) in [5.41, 5.74) is 0.241. The van der Waals surface area contributed by atoms with Gasteiger partial charge in [0.05, 0.1) is 37.2 Å². The predicted molar refractivity (Wildman–Crippen MR) is 167 cm³/mol. The van der Waals surface area contributed by atoms with E-state index in [0.717, 1.165) is 6.07 Å². The number of pyridine rings is 1. The second-order valence-electron chi connectivity index (χ2n) is 10.1. The maximum Gasteiger partial charge on any atom is 0.356 e. The van der Waals surface area contributed by atoms with Crippen molar-refractivity contribution in [3.63, 3.8) is 0 Å². The second kappa shape index (κ2) is 14.5. The average molecular weight is 625 g/mol. The lowest BCUT2D eigenvalue weighted by Gasteiger charge is -2.29. The fraction of sp³-hybridized carbons (Fsp3) is 0.333. The van der Waals surface area contributed by atoms with Crippen LogP contribution in [0.1, 0.15) is 37.9 Å². The van der Waals surface area contributed by atoms with E-state index in [4.69, 9.17) is 26.5 Å². The van der Waals surface area contributed by atoms with Crippen molar-refractivity contribution < 1.29 is 18.7 Å². The number of anilines is 3. The molecule has 3 aromatic rings. The Morgan fingerprint density at radius 2 is 2.00 bits per heavy atom. The van der Waals surface area contributed by atoms with Gasteiger partial charge in [0.1, 0.15) is 28.3 Å². The largest absolute Gasteiger partial charge is 0.479 e. The maximum atomic E-state index is 15.1. The molecule has 3 N–H and O–H groups in total. The van der Waals surface area contributed by atoms with Crippen molar-refractivity contribution in [3.05, 3.63) is 80.2 Å². The Bertz CT molecular complexity index is 1670. The van der Waals surface area contributed by atoms with Crippen LogP contribution in [0, 0.1) is 28.5 Å². The molecule has 0 aliphatic rings. The summed E-state index contributed by atoms with van der Waals surface area (Å²) >= 11 is 6.19. The molecule has 0 saturated heterocycles. The van der Waals surface area contributed by atoms with Gasteiger partial charge in [0.25, 0.3) is 5.56 Å². The van der Waals surface area contributed by atoms with Gasteiger partial charge in [-0.3, -0.25) is 10.2 Å². The lowest BCUT2D eigenvalue weighted by molar-refractivity contribution is -0.135. The summed E-state index contributed by atoms with van der Waals surface area (Å²) in [6.45, 7) is 5.29. The van der Waals surface area contributed by atoms with Crippen LogP contribution in [-0.2, 0) is 16.6 Å². The van der Waals surface area contributed by atoms with E-state index >= 15 is 4.39 Å². The molecule has 1 atom stereocenters. The van der Waals surface area contributed by atoms with E-state index < -0.39 is 29.1 Å². The number of benzene rings is 1. The van der Waals surface area contributed by atoms with Gasteiger partial charge in [0.2, 0.25) is 11.8 Å². The molecule has 0 spiro atoms. The highest BCUT2D eigenvalue weighted by atomic mass is 35.5. The number of nitrogens with zero attached hydrogens (tertiary/aromatic N) is 5. The van der Waals surface area contributed by atoms with Crippen molar-refractivity contribution in [2.24, 2.45) is 13.0 Å². The number of nitrogens with one attached hydrogen (secondary N) is 3. The number of carbonyl (C=O) groups is 1. The van der Waals surface area contributed by atoms with E-state index in [2.05, 4.69) is 20.6 Å². The van der Waals surface area contributed by atoms with Gasteiger partial charge in [0.15, 0.2) is 0 Å². The molecule has 0 bridgehead atoms. The highest BCUT2D eigenvalue weighted by molar-refractivity contribution is 6.42. The van der Waals surface area contributed by atoms with E-state index in [1.165, 1.54) is 49.3 Å². The minimum atomic E-state index is -1.10. The summed E-state index contributed by atoms with van der Waals surface area (Å²) in [5, 5.41) is 24.7. The number of allylic oxidation sites excluding steroid dienone is 1. The van der Waals surface area contributed by atoms with Crippen molar-refractivity contribution >= 4 is 40.6 Å². The molecule has 2 heterocycles. The molecule has 44 heavy (non-hydrogen) atoms. The van der Waals surface area contributed by atoms with Gasteiger partial charge < -0.3 is 29.6 Å². The maximum absolute atomic E-state index is 15.1. The van der Waals surface area contributed by atoms with Crippen LogP contribution < -0.4 is 25.8 Å². The molecule has 12 nitrogen and oxygen atoms in total. The minimum Gasteiger partial charge on any atom is -0.479 e. The first-order valence-corrected chi connectivity index (χ1v) is 13.9. The summed E-state index contributed by atoms with van der Waals surface area (Å²) in [5.74, 6) is -1.50. The van der Waals surface area contributed by atoms with Gasteiger partial charge in [-0.05, 0) is 36.6 Å². The molecule has 0 aliphatic heterocycles. The van der Waals surface area contributed by atoms with Crippen LogP contribution in [0.15, 0.2) is 52.7 Å². The Morgan fingerprint density at radius 3 is 2.55 bits per heavy atom. The quantitative estimate of drug-likeness (QED) is 0.191. The molecular formula is C30H34ClFN8O4. The normalized spacial score (nSPS) is 12.1. The predicted octanol–water partition coefficient (Wildman–Crippen LogP) is 4.67. The number of nitriles is 1. The number of halogens is 2. The van der Waals surface area contributed by atoms with Crippen molar-refractivity contribution in [1.29, 1.82) is 10.7 Å². The molecular weight excluding hydrogens is 591 g/mol. The first-order valence-electron chi connectivity index (χ1n) is 13.5. The molecule has 3 rings (SSSR count). The van der Waals surface area contributed by atoms with Gasteiger partial charge in [0, 0.05) is 38.6 Å². The number of hydrogen-bond donors (Lipinski definition) is 3. The number of aryl methyl sites for hydroxylation is 1. The molecule has 0 saturated carbocycles. The molecule has 2 aromatic heterocycles. The average Bonchev–Trinajstić information content (AvgIpc) is 2.98. The van der Waals surface area contributed by atoms with Crippen LogP contribution in [0.4, 0.5) is 21.7 Å². The lowest BCUT2D eigenvalue weighted by atomic mass is 9.88. The summed E-state index contributed by atoms with van der Waals surface area (Å²) in [4.78, 5) is 35.9. The number of hydrogen-bond acceptors (Lipinski definition) is 11. The zero-order valence-corrected chi connectivity index (χ0v) is 26.2. The summed E-state index contributed by atoms with van der Waals surface area (Å²) in [7, 11) is 6.51. The van der Waals surface area contributed by atoms with Crippen molar-refractivity contribution in [2.75, 3.05) is 43.3 Å². The van der Waals surface area contributed by atoms with E-state index in [9.17, 15) is 14.9 Å². The van der Waals surface area contributed by atoms with Gasteiger partial charge in [-0.2, -0.15) is 10.2 Å². The third-order valence-corrected chi connectivity index (χ3v) is 6.68. The number of ether oxygens (including phenoxy) is 2.